The van der Waals surface area contributed by atoms with Crippen molar-refractivity contribution in [2.24, 2.45) is 4.99 Å². The van der Waals surface area contributed by atoms with E-state index < -0.39 is 0 Å². The summed E-state index contributed by atoms with van der Waals surface area (Å²) in [6.45, 7) is 3.71. The largest absolute Gasteiger partial charge is 0.497 e. The summed E-state index contributed by atoms with van der Waals surface area (Å²) in [4.78, 5) is 22.5. The Labute approximate surface area is 180 Å². The van der Waals surface area contributed by atoms with Gasteiger partial charge in [-0.3, -0.25) is 9.89 Å². The van der Waals surface area contributed by atoms with Gasteiger partial charge in [-0.1, -0.05) is 0 Å². The Hall–Kier alpha value is -2.64. The van der Waals surface area contributed by atoms with E-state index in [1.807, 2.05) is 24.5 Å². The lowest BCUT2D eigenvalue weighted by Gasteiger charge is -2.27. The number of aromatic nitrogens is 3. The molecule has 2 aliphatic rings. The summed E-state index contributed by atoms with van der Waals surface area (Å²) in [5, 5.41) is 1.05. The van der Waals surface area contributed by atoms with Gasteiger partial charge in [-0.15, -0.1) is 11.3 Å². The van der Waals surface area contributed by atoms with Crippen LogP contribution >= 0.6 is 11.3 Å². The van der Waals surface area contributed by atoms with Gasteiger partial charge in [0.2, 0.25) is 0 Å². The maximum absolute atomic E-state index is 5.24. The molecule has 0 radical (unpaired) electrons. The fourth-order valence-corrected chi connectivity index (χ4v) is 4.96. The van der Waals surface area contributed by atoms with Gasteiger partial charge in [0.05, 0.1) is 18.5 Å². The second-order valence-corrected chi connectivity index (χ2v) is 8.89. The van der Waals surface area contributed by atoms with Crippen molar-refractivity contribution < 1.29 is 4.74 Å². The third-order valence-electron chi connectivity index (χ3n) is 5.67. The first-order valence-electron chi connectivity index (χ1n) is 10.5. The van der Waals surface area contributed by atoms with E-state index in [0.717, 1.165) is 66.9 Å². The van der Waals surface area contributed by atoms with E-state index in [1.54, 1.807) is 18.4 Å². The van der Waals surface area contributed by atoms with Crippen LogP contribution < -0.4 is 4.74 Å². The Morgan fingerprint density at radius 2 is 1.97 bits per heavy atom. The summed E-state index contributed by atoms with van der Waals surface area (Å²) in [5.41, 5.74) is 4.64. The van der Waals surface area contributed by atoms with Gasteiger partial charge in [0.25, 0.3) is 0 Å². The predicted molar refractivity (Wildman–Crippen MR) is 119 cm³/mol. The monoisotopic (exact) mass is 419 g/mol. The molecule has 6 nitrogen and oxygen atoms in total. The Kier molecular flexibility index (Phi) is 5.55. The number of thiazole rings is 1. The second kappa shape index (κ2) is 8.62. The number of ether oxygens (including phenoxy) is 1. The SMILES string of the molecule is COc1ccc(-c2ncc(CN3CCc4nc(C5=NCCCC5)ncc4C3)s2)cc1. The summed E-state index contributed by atoms with van der Waals surface area (Å²) < 4.78 is 5.24. The van der Waals surface area contributed by atoms with E-state index >= 15 is 0 Å². The molecule has 0 saturated heterocycles. The van der Waals surface area contributed by atoms with Crippen LogP contribution in [0.15, 0.2) is 41.7 Å². The molecule has 0 aliphatic carbocycles. The molecule has 0 spiro atoms. The summed E-state index contributed by atoms with van der Waals surface area (Å²) in [6, 6.07) is 8.07. The maximum atomic E-state index is 5.24. The molecule has 154 valence electrons. The average Bonchev–Trinajstić information content (AvgIpc) is 3.28. The molecule has 0 N–H and O–H groups in total. The number of aliphatic imine (C=N–C) groups is 1. The van der Waals surface area contributed by atoms with Gasteiger partial charge in [-0.2, -0.15) is 0 Å². The van der Waals surface area contributed by atoms with Crippen molar-refractivity contribution >= 4 is 17.0 Å². The van der Waals surface area contributed by atoms with E-state index in [1.165, 1.54) is 29.0 Å². The molecule has 7 heteroatoms. The molecule has 5 rings (SSSR count). The van der Waals surface area contributed by atoms with Crippen LogP contribution in [-0.4, -0.2) is 45.8 Å². The van der Waals surface area contributed by atoms with Crippen LogP contribution in [0.5, 0.6) is 5.75 Å². The zero-order chi connectivity index (χ0) is 20.3. The lowest BCUT2D eigenvalue weighted by molar-refractivity contribution is 0.245. The van der Waals surface area contributed by atoms with E-state index in [0.29, 0.717) is 0 Å². The normalized spacial score (nSPS) is 16.8. The molecule has 2 aliphatic heterocycles. The summed E-state index contributed by atoms with van der Waals surface area (Å²) in [6.07, 6.45) is 8.35. The highest BCUT2D eigenvalue weighted by atomic mass is 32.1. The number of nitrogens with zero attached hydrogens (tertiary/aromatic N) is 5. The molecule has 4 heterocycles. The van der Waals surface area contributed by atoms with Crippen LogP contribution in [0.2, 0.25) is 0 Å². The number of rotatable bonds is 5. The van der Waals surface area contributed by atoms with Gasteiger partial charge in [-0.25, -0.2) is 15.0 Å². The minimum Gasteiger partial charge on any atom is -0.497 e. The molecule has 0 unspecified atom stereocenters. The van der Waals surface area contributed by atoms with E-state index in [2.05, 4.69) is 32.0 Å². The minimum absolute atomic E-state index is 0.841. The lowest BCUT2D eigenvalue weighted by Crippen LogP contribution is -2.31. The van der Waals surface area contributed by atoms with Crippen LogP contribution in [0, 0.1) is 0 Å². The third kappa shape index (κ3) is 4.13. The Morgan fingerprint density at radius 3 is 2.77 bits per heavy atom. The summed E-state index contributed by atoms with van der Waals surface area (Å²) >= 11 is 1.76. The van der Waals surface area contributed by atoms with Crippen molar-refractivity contribution in [3.05, 3.63) is 58.6 Å². The van der Waals surface area contributed by atoms with Crippen LogP contribution in [-0.2, 0) is 19.5 Å². The maximum Gasteiger partial charge on any atom is 0.173 e. The van der Waals surface area contributed by atoms with Crippen molar-refractivity contribution in [2.75, 3.05) is 20.2 Å². The van der Waals surface area contributed by atoms with Crippen molar-refractivity contribution in [1.29, 1.82) is 0 Å². The van der Waals surface area contributed by atoms with Crippen molar-refractivity contribution in [3.63, 3.8) is 0 Å². The molecule has 1 aromatic carbocycles. The van der Waals surface area contributed by atoms with Crippen LogP contribution in [0.3, 0.4) is 0 Å². The molecule has 2 aromatic heterocycles. The number of benzene rings is 1. The fourth-order valence-electron chi connectivity index (χ4n) is 4.00. The minimum atomic E-state index is 0.841. The van der Waals surface area contributed by atoms with Crippen molar-refractivity contribution in [1.82, 2.24) is 19.9 Å². The quantitative estimate of drug-likeness (QED) is 0.622. The second-order valence-electron chi connectivity index (χ2n) is 7.77. The predicted octanol–water partition coefficient (Wildman–Crippen LogP) is 4.14. The van der Waals surface area contributed by atoms with E-state index in [-0.39, 0.29) is 0 Å². The zero-order valence-electron chi connectivity index (χ0n) is 17.2. The zero-order valence-corrected chi connectivity index (χ0v) is 18.0. The van der Waals surface area contributed by atoms with E-state index in [4.69, 9.17) is 9.72 Å². The molecule has 0 bridgehead atoms. The van der Waals surface area contributed by atoms with Gasteiger partial charge in [0.15, 0.2) is 5.82 Å². The van der Waals surface area contributed by atoms with Gasteiger partial charge < -0.3 is 4.74 Å². The molecule has 0 fully saturated rings. The molecule has 3 aromatic rings. The molecule has 0 atom stereocenters. The fraction of sp³-hybridized carbons (Fsp3) is 0.391. The number of methoxy groups -OCH3 is 1. The highest BCUT2D eigenvalue weighted by molar-refractivity contribution is 7.15. The van der Waals surface area contributed by atoms with Crippen LogP contribution in [0.1, 0.15) is 41.2 Å². The lowest BCUT2D eigenvalue weighted by atomic mass is 10.1. The number of hydrogen-bond donors (Lipinski definition) is 0. The van der Waals surface area contributed by atoms with Crippen molar-refractivity contribution in [3.8, 4) is 16.3 Å². The van der Waals surface area contributed by atoms with Gasteiger partial charge >= 0.3 is 0 Å². The Balaban J connectivity index is 1.25. The van der Waals surface area contributed by atoms with Gasteiger partial charge in [0.1, 0.15) is 10.8 Å². The highest BCUT2D eigenvalue weighted by Gasteiger charge is 2.21. The first-order valence-corrected chi connectivity index (χ1v) is 11.3. The van der Waals surface area contributed by atoms with Gasteiger partial charge in [-0.05, 0) is 43.5 Å². The highest BCUT2D eigenvalue weighted by Crippen LogP contribution is 2.28. The topological polar surface area (TPSA) is 63.5 Å². The average molecular weight is 420 g/mol. The number of fused-ring (bicyclic) bond motifs is 1. The smallest absolute Gasteiger partial charge is 0.173 e. The number of hydrogen-bond acceptors (Lipinski definition) is 7. The summed E-state index contributed by atoms with van der Waals surface area (Å²) in [7, 11) is 1.68. The molecular formula is C23H25N5OS. The van der Waals surface area contributed by atoms with Crippen molar-refractivity contribution in [2.45, 2.75) is 38.8 Å². The summed E-state index contributed by atoms with van der Waals surface area (Å²) in [5.74, 6) is 1.71. The molecular weight excluding hydrogens is 394 g/mol. The van der Waals surface area contributed by atoms with E-state index in [9.17, 15) is 0 Å². The molecule has 0 amide bonds. The first kappa shape index (κ1) is 19.3. The van der Waals surface area contributed by atoms with Crippen LogP contribution in [0.4, 0.5) is 0 Å². The third-order valence-corrected chi connectivity index (χ3v) is 6.70. The first-order chi connectivity index (χ1) is 14.8. The van der Waals surface area contributed by atoms with Gasteiger partial charge in [0, 0.05) is 61.0 Å². The molecule has 30 heavy (non-hydrogen) atoms. The van der Waals surface area contributed by atoms with Crippen LogP contribution in [0.25, 0.3) is 10.6 Å². The molecule has 0 saturated carbocycles. The Bertz CT molecular complexity index is 1060. The standard InChI is InChI=1S/C23H25N5OS/c1-29-18-7-5-16(6-8-18)23-26-13-19(30-23)15-28-11-9-20-17(14-28)12-25-22(27-20)21-4-2-3-10-24-21/h5-8,12-13H,2-4,9-11,14-15H2,1H3. The Morgan fingerprint density at radius 1 is 1.07 bits per heavy atom.